The number of carbonyl (C=O) groups is 1. The number of pyridine rings is 1. The van der Waals surface area contributed by atoms with Crippen molar-refractivity contribution in [3.63, 3.8) is 0 Å². The first-order chi connectivity index (χ1) is 12.1. The molecule has 126 valence electrons. The number of aryl methyl sites for hydroxylation is 1. The molecule has 2 aromatic heterocycles. The Morgan fingerprint density at radius 3 is 2.80 bits per heavy atom. The molecule has 1 aliphatic heterocycles. The molecule has 3 heterocycles. The first kappa shape index (κ1) is 15.4. The molecule has 1 atom stereocenters. The quantitative estimate of drug-likeness (QED) is 0.781. The van der Waals surface area contributed by atoms with Crippen LogP contribution in [-0.2, 0) is 4.79 Å². The summed E-state index contributed by atoms with van der Waals surface area (Å²) in [7, 11) is 1.58. The van der Waals surface area contributed by atoms with Crippen LogP contribution in [0.15, 0.2) is 47.4 Å². The van der Waals surface area contributed by atoms with E-state index in [-0.39, 0.29) is 17.9 Å². The van der Waals surface area contributed by atoms with Crippen LogP contribution in [0.5, 0.6) is 5.75 Å². The van der Waals surface area contributed by atoms with E-state index in [2.05, 4.69) is 10.3 Å². The molecule has 1 N–H and O–H groups in total. The molecule has 1 aliphatic rings. The van der Waals surface area contributed by atoms with Crippen LogP contribution >= 0.6 is 0 Å². The zero-order valence-corrected chi connectivity index (χ0v) is 13.9. The second kappa shape index (κ2) is 5.73. The van der Waals surface area contributed by atoms with Crippen LogP contribution in [-0.4, -0.2) is 22.4 Å². The summed E-state index contributed by atoms with van der Waals surface area (Å²) in [5.41, 5.74) is 2.41. The molecule has 0 radical (unpaired) electrons. The molecule has 0 saturated carbocycles. The Morgan fingerprint density at radius 1 is 1.20 bits per heavy atom. The smallest absolute Gasteiger partial charge is 0.279 e. The van der Waals surface area contributed by atoms with Gasteiger partial charge in [0.25, 0.3) is 5.56 Å². The van der Waals surface area contributed by atoms with Crippen molar-refractivity contribution in [3.8, 4) is 5.75 Å². The lowest BCUT2D eigenvalue weighted by Gasteiger charge is -2.27. The highest BCUT2D eigenvalue weighted by atomic mass is 16.5. The standard InChI is InChI=1S/C19H17N3O3/c1-11-6-5-9-22-17(11)21-19(24)16-13(10-15(23)20-18(16)22)12-7-3-4-8-14(12)25-2/h3-9,13H,10H2,1-2H3,(H,20,23). The van der Waals surface area contributed by atoms with E-state index < -0.39 is 5.92 Å². The monoisotopic (exact) mass is 335 g/mol. The van der Waals surface area contributed by atoms with Crippen molar-refractivity contribution in [2.45, 2.75) is 19.3 Å². The number of ether oxygens (including phenoxy) is 1. The third kappa shape index (κ3) is 2.38. The van der Waals surface area contributed by atoms with E-state index in [0.717, 1.165) is 11.1 Å². The predicted molar refractivity (Wildman–Crippen MR) is 94.3 cm³/mol. The van der Waals surface area contributed by atoms with Gasteiger partial charge in [-0.05, 0) is 24.6 Å². The second-order valence-electron chi connectivity index (χ2n) is 6.11. The van der Waals surface area contributed by atoms with Crippen LogP contribution in [0.2, 0.25) is 0 Å². The SMILES string of the molecule is COc1ccccc1C1CC(=O)Nc2c1c(=O)nc1c(C)cccn21. The van der Waals surface area contributed by atoms with E-state index in [1.807, 2.05) is 43.3 Å². The zero-order chi connectivity index (χ0) is 17.6. The molecule has 25 heavy (non-hydrogen) atoms. The van der Waals surface area contributed by atoms with Crippen molar-refractivity contribution in [1.82, 2.24) is 9.38 Å². The Kier molecular flexibility index (Phi) is 3.53. The molecule has 0 spiro atoms. The summed E-state index contributed by atoms with van der Waals surface area (Å²) in [5, 5.41) is 2.85. The fourth-order valence-corrected chi connectivity index (χ4v) is 3.45. The van der Waals surface area contributed by atoms with Gasteiger partial charge in [-0.25, -0.2) is 0 Å². The average molecular weight is 335 g/mol. The van der Waals surface area contributed by atoms with Crippen LogP contribution in [0.1, 0.15) is 29.0 Å². The van der Waals surface area contributed by atoms with Crippen molar-refractivity contribution in [1.29, 1.82) is 0 Å². The topological polar surface area (TPSA) is 72.7 Å². The van der Waals surface area contributed by atoms with E-state index in [1.165, 1.54) is 0 Å². The number of rotatable bonds is 2. The second-order valence-corrected chi connectivity index (χ2v) is 6.11. The minimum absolute atomic E-state index is 0.135. The van der Waals surface area contributed by atoms with Gasteiger partial charge in [0.1, 0.15) is 17.2 Å². The first-order valence-electron chi connectivity index (χ1n) is 8.05. The van der Waals surface area contributed by atoms with E-state index in [1.54, 1.807) is 17.7 Å². The summed E-state index contributed by atoms with van der Waals surface area (Å²) >= 11 is 0. The highest BCUT2D eigenvalue weighted by Gasteiger charge is 2.33. The lowest BCUT2D eigenvalue weighted by atomic mass is 9.86. The van der Waals surface area contributed by atoms with Crippen LogP contribution < -0.4 is 15.6 Å². The van der Waals surface area contributed by atoms with Crippen molar-refractivity contribution in [3.05, 3.63) is 69.6 Å². The van der Waals surface area contributed by atoms with Gasteiger partial charge in [0.05, 0.1) is 12.7 Å². The molecule has 1 amide bonds. The number of para-hydroxylation sites is 1. The Hall–Kier alpha value is -3.15. The molecule has 6 nitrogen and oxygen atoms in total. The largest absolute Gasteiger partial charge is 0.496 e. The maximum Gasteiger partial charge on any atom is 0.279 e. The average Bonchev–Trinajstić information content (AvgIpc) is 2.62. The van der Waals surface area contributed by atoms with Gasteiger partial charge in [-0.1, -0.05) is 24.3 Å². The number of aromatic nitrogens is 2. The van der Waals surface area contributed by atoms with Crippen molar-refractivity contribution >= 4 is 17.4 Å². The summed E-state index contributed by atoms with van der Waals surface area (Å²) in [4.78, 5) is 29.4. The van der Waals surface area contributed by atoms with Gasteiger partial charge in [-0.15, -0.1) is 0 Å². The maximum atomic E-state index is 12.8. The van der Waals surface area contributed by atoms with E-state index >= 15 is 0 Å². The van der Waals surface area contributed by atoms with Gasteiger partial charge in [-0.2, -0.15) is 4.98 Å². The van der Waals surface area contributed by atoms with E-state index in [9.17, 15) is 9.59 Å². The number of fused-ring (bicyclic) bond motifs is 3. The number of nitrogens with one attached hydrogen (secondary N) is 1. The van der Waals surface area contributed by atoms with Crippen LogP contribution in [0, 0.1) is 6.92 Å². The van der Waals surface area contributed by atoms with E-state index in [0.29, 0.717) is 22.8 Å². The number of anilines is 1. The molecule has 0 bridgehead atoms. The number of carbonyl (C=O) groups excluding carboxylic acids is 1. The first-order valence-corrected chi connectivity index (χ1v) is 8.05. The third-order valence-corrected chi connectivity index (χ3v) is 4.61. The number of amides is 1. The highest BCUT2D eigenvalue weighted by molar-refractivity contribution is 5.94. The van der Waals surface area contributed by atoms with Crippen LogP contribution in [0.25, 0.3) is 5.65 Å². The lowest BCUT2D eigenvalue weighted by Crippen LogP contribution is -2.32. The maximum absolute atomic E-state index is 12.8. The highest BCUT2D eigenvalue weighted by Crippen LogP contribution is 2.38. The molecular formula is C19H17N3O3. The molecule has 0 aliphatic carbocycles. The number of hydrogen-bond acceptors (Lipinski definition) is 4. The summed E-state index contributed by atoms with van der Waals surface area (Å²) in [5.74, 6) is 0.620. The van der Waals surface area contributed by atoms with Crippen molar-refractivity contribution in [2.75, 3.05) is 12.4 Å². The van der Waals surface area contributed by atoms with Gasteiger partial charge in [-0.3, -0.25) is 14.0 Å². The normalized spacial score (nSPS) is 16.4. The number of methoxy groups -OCH3 is 1. The summed E-state index contributed by atoms with van der Waals surface area (Å²) < 4.78 is 7.20. The van der Waals surface area contributed by atoms with Gasteiger partial charge in [0.15, 0.2) is 0 Å². The summed E-state index contributed by atoms with van der Waals surface area (Å²) in [6.07, 6.45) is 1.99. The molecular weight excluding hydrogens is 318 g/mol. The molecule has 0 saturated heterocycles. The zero-order valence-electron chi connectivity index (χ0n) is 13.9. The number of hydrogen-bond donors (Lipinski definition) is 1. The molecule has 6 heteroatoms. The van der Waals surface area contributed by atoms with Gasteiger partial charge in [0.2, 0.25) is 5.91 Å². The fraction of sp³-hybridized carbons (Fsp3) is 0.211. The predicted octanol–water partition coefficient (Wildman–Crippen LogP) is 2.49. The van der Waals surface area contributed by atoms with Crippen molar-refractivity contribution in [2.24, 2.45) is 0 Å². The number of nitrogens with zero attached hydrogens (tertiary/aromatic N) is 2. The Bertz CT molecular complexity index is 1060. The van der Waals surface area contributed by atoms with Gasteiger partial charge < -0.3 is 10.1 Å². The Morgan fingerprint density at radius 2 is 2.00 bits per heavy atom. The third-order valence-electron chi connectivity index (χ3n) is 4.61. The van der Waals surface area contributed by atoms with E-state index in [4.69, 9.17) is 4.74 Å². The number of benzene rings is 1. The lowest BCUT2D eigenvalue weighted by molar-refractivity contribution is -0.116. The van der Waals surface area contributed by atoms with Crippen molar-refractivity contribution < 1.29 is 9.53 Å². The minimum Gasteiger partial charge on any atom is -0.496 e. The Balaban J connectivity index is 2.04. The Labute approximate surface area is 144 Å². The van der Waals surface area contributed by atoms with Gasteiger partial charge in [0, 0.05) is 24.1 Å². The molecule has 3 aromatic rings. The summed E-state index contributed by atoms with van der Waals surface area (Å²) in [6.45, 7) is 1.89. The molecule has 1 aromatic carbocycles. The van der Waals surface area contributed by atoms with Crippen LogP contribution in [0.4, 0.5) is 5.82 Å². The molecule has 1 unspecified atom stereocenters. The fourth-order valence-electron chi connectivity index (χ4n) is 3.45. The summed E-state index contributed by atoms with van der Waals surface area (Å²) in [6, 6.07) is 11.2. The molecule has 0 fully saturated rings. The van der Waals surface area contributed by atoms with Crippen LogP contribution in [0.3, 0.4) is 0 Å². The minimum atomic E-state index is -0.391. The molecule has 4 rings (SSSR count). The van der Waals surface area contributed by atoms with Gasteiger partial charge >= 0.3 is 0 Å².